The van der Waals surface area contributed by atoms with Crippen LogP contribution in [0.4, 0.5) is 11.4 Å². The second-order valence-electron chi connectivity index (χ2n) is 5.72. The van der Waals surface area contributed by atoms with E-state index in [0.29, 0.717) is 11.1 Å². The van der Waals surface area contributed by atoms with Crippen LogP contribution in [0.15, 0.2) is 78.9 Å². The fourth-order valence-electron chi connectivity index (χ4n) is 2.42. The molecule has 4 heteroatoms. The average molecular weight is 330 g/mol. The molecule has 0 aliphatic rings. The normalized spacial score (nSPS) is 10.1. The topological polar surface area (TPSA) is 58.2 Å². The summed E-state index contributed by atoms with van der Waals surface area (Å²) in [4.78, 5) is 24.5. The van der Waals surface area contributed by atoms with E-state index in [4.69, 9.17) is 0 Å². The number of carbonyl (C=O) groups is 2. The van der Waals surface area contributed by atoms with Crippen molar-refractivity contribution in [2.75, 3.05) is 10.6 Å². The zero-order chi connectivity index (χ0) is 17.6. The first-order valence-corrected chi connectivity index (χ1v) is 7.96. The van der Waals surface area contributed by atoms with Gasteiger partial charge in [0.15, 0.2) is 0 Å². The van der Waals surface area contributed by atoms with E-state index in [-0.39, 0.29) is 11.8 Å². The van der Waals surface area contributed by atoms with Gasteiger partial charge < -0.3 is 10.6 Å². The molecule has 0 spiro atoms. The summed E-state index contributed by atoms with van der Waals surface area (Å²) < 4.78 is 0. The monoisotopic (exact) mass is 330 g/mol. The molecule has 3 rings (SSSR count). The number of benzene rings is 3. The van der Waals surface area contributed by atoms with Crippen LogP contribution in [0.3, 0.4) is 0 Å². The lowest BCUT2D eigenvalue weighted by atomic mass is 10.1. The molecule has 0 heterocycles. The van der Waals surface area contributed by atoms with E-state index in [1.807, 2.05) is 61.5 Å². The molecule has 0 fully saturated rings. The third-order valence-corrected chi connectivity index (χ3v) is 3.72. The van der Waals surface area contributed by atoms with Crippen LogP contribution >= 0.6 is 0 Å². The maximum Gasteiger partial charge on any atom is 0.255 e. The van der Waals surface area contributed by atoms with Gasteiger partial charge in [-0.25, -0.2) is 0 Å². The van der Waals surface area contributed by atoms with Crippen LogP contribution in [0.2, 0.25) is 0 Å². The summed E-state index contributed by atoms with van der Waals surface area (Å²) in [7, 11) is 0. The Bertz CT molecular complexity index is 887. The molecule has 2 N–H and O–H groups in total. The van der Waals surface area contributed by atoms with Crippen molar-refractivity contribution in [1.29, 1.82) is 0 Å². The van der Waals surface area contributed by atoms with Crippen molar-refractivity contribution in [3.63, 3.8) is 0 Å². The Balaban J connectivity index is 1.67. The summed E-state index contributed by atoms with van der Waals surface area (Å²) in [6, 6.07) is 23.4. The second-order valence-corrected chi connectivity index (χ2v) is 5.72. The second kappa shape index (κ2) is 7.45. The molecule has 0 atom stereocenters. The first-order chi connectivity index (χ1) is 12.1. The van der Waals surface area contributed by atoms with Gasteiger partial charge >= 0.3 is 0 Å². The summed E-state index contributed by atoms with van der Waals surface area (Å²) in [6.07, 6.45) is 0. The predicted molar refractivity (Wildman–Crippen MR) is 100.0 cm³/mol. The summed E-state index contributed by atoms with van der Waals surface area (Å²) in [5.41, 5.74) is 3.55. The van der Waals surface area contributed by atoms with Crippen LogP contribution in [0.25, 0.3) is 0 Å². The number of amides is 2. The summed E-state index contributed by atoms with van der Waals surface area (Å²) in [5, 5.41) is 5.66. The van der Waals surface area contributed by atoms with E-state index in [1.54, 1.807) is 24.3 Å². The Morgan fingerprint density at radius 1 is 0.640 bits per heavy atom. The average Bonchev–Trinajstić information content (AvgIpc) is 2.62. The zero-order valence-electron chi connectivity index (χ0n) is 13.8. The number of carbonyl (C=O) groups excluding carboxylic acids is 2. The van der Waals surface area contributed by atoms with Crippen molar-refractivity contribution in [3.8, 4) is 0 Å². The van der Waals surface area contributed by atoms with E-state index in [9.17, 15) is 9.59 Å². The molecule has 2 amide bonds. The molecule has 0 aromatic heterocycles. The van der Waals surface area contributed by atoms with Gasteiger partial charge in [0.1, 0.15) is 0 Å². The fourth-order valence-corrected chi connectivity index (χ4v) is 2.42. The maximum absolute atomic E-state index is 12.3. The zero-order valence-corrected chi connectivity index (χ0v) is 13.8. The predicted octanol–water partition coefficient (Wildman–Crippen LogP) is 4.50. The van der Waals surface area contributed by atoms with E-state index >= 15 is 0 Å². The van der Waals surface area contributed by atoms with E-state index in [2.05, 4.69) is 10.6 Å². The molecule has 0 aliphatic heterocycles. The third-order valence-electron chi connectivity index (χ3n) is 3.72. The summed E-state index contributed by atoms with van der Waals surface area (Å²) in [6.45, 7) is 1.97. The summed E-state index contributed by atoms with van der Waals surface area (Å²) >= 11 is 0. The number of aryl methyl sites for hydroxylation is 1. The third kappa shape index (κ3) is 4.32. The molecular formula is C21H18N2O2. The molecular weight excluding hydrogens is 312 g/mol. The van der Waals surface area contributed by atoms with Crippen LogP contribution in [0, 0.1) is 6.92 Å². The van der Waals surface area contributed by atoms with Crippen molar-refractivity contribution in [1.82, 2.24) is 0 Å². The number of para-hydroxylation sites is 1. The van der Waals surface area contributed by atoms with Gasteiger partial charge in [-0.05, 0) is 61.0 Å². The van der Waals surface area contributed by atoms with Crippen LogP contribution < -0.4 is 10.6 Å². The van der Waals surface area contributed by atoms with Crippen LogP contribution in [0.5, 0.6) is 0 Å². The van der Waals surface area contributed by atoms with Crippen LogP contribution in [-0.4, -0.2) is 11.8 Å². The lowest BCUT2D eigenvalue weighted by molar-refractivity contribution is 0.101. The Morgan fingerprint density at radius 2 is 1.16 bits per heavy atom. The Kier molecular flexibility index (Phi) is 4.90. The Hall–Kier alpha value is -3.40. The van der Waals surface area contributed by atoms with Gasteiger partial charge in [-0.1, -0.05) is 30.3 Å². The number of nitrogens with one attached hydrogen (secondary N) is 2. The Morgan fingerprint density at radius 3 is 1.72 bits per heavy atom. The van der Waals surface area contributed by atoms with Gasteiger partial charge in [0.2, 0.25) is 0 Å². The minimum Gasteiger partial charge on any atom is -0.322 e. The molecule has 0 radical (unpaired) electrons. The van der Waals surface area contributed by atoms with Gasteiger partial charge in [0, 0.05) is 22.5 Å². The highest BCUT2D eigenvalue weighted by molar-refractivity contribution is 6.07. The van der Waals surface area contributed by atoms with Crippen molar-refractivity contribution < 1.29 is 9.59 Å². The van der Waals surface area contributed by atoms with Gasteiger partial charge in [-0.15, -0.1) is 0 Å². The van der Waals surface area contributed by atoms with Gasteiger partial charge in [-0.2, -0.15) is 0 Å². The van der Waals surface area contributed by atoms with Crippen molar-refractivity contribution in [2.24, 2.45) is 0 Å². The van der Waals surface area contributed by atoms with Gasteiger partial charge in [-0.3, -0.25) is 9.59 Å². The minimum atomic E-state index is -0.211. The number of rotatable bonds is 4. The Labute approximate surface area is 146 Å². The molecule has 0 aliphatic carbocycles. The molecule has 3 aromatic rings. The summed E-state index contributed by atoms with van der Waals surface area (Å²) in [5.74, 6) is -0.419. The lowest BCUT2D eigenvalue weighted by Crippen LogP contribution is -2.14. The number of anilines is 2. The highest BCUT2D eigenvalue weighted by Crippen LogP contribution is 2.13. The highest BCUT2D eigenvalue weighted by atomic mass is 16.2. The van der Waals surface area contributed by atoms with Crippen LogP contribution in [-0.2, 0) is 0 Å². The van der Waals surface area contributed by atoms with Gasteiger partial charge in [0.05, 0.1) is 0 Å². The lowest BCUT2D eigenvalue weighted by Gasteiger charge is -2.08. The largest absolute Gasteiger partial charge is 0.322 e. The van der Waals surface area contributed by atoms with Crippen molar-refractivity contribution in [3.05, 3.63) is 95.6 Å². The molecule has 4 nitrogen and oxygen atoms in total. The van der Waals surface area contributed by atoms with Crippen molar-refractivity contribution >= 4 is 23.2 Å². The molecule has 3 aromatic carbocycles. The van der Waals surface area contributed by atoms with Gasteiger partial charge in [0.25, 0.3) is 11.8 Å². The van der Waals surface area contributed by atoms with E-state index in [0.717, 1.165) is 16.9 Å². The number of hydrogen-bond donors (Lipinski definition) is 2. The number of hydrogen-bond acceptors (Lipinski definition) is 2. The van der Waals surface area contributed by atoms with E-state index in [1.165, 1.54) is 0 Å². The molecule has 0 saturated carbocycles. The molecule has 124 valence electrons. The minimum absolute atomic E-state index is 0.208. The fraction of sp³-hybridized carbons (Fsp3) is 0.0476. The molecule has 25 heavy (non-hydrogen) atoms. The highest BCUT2D eigenvalue weighted by Gasteiger charge is 2.09. The first kappa shape index (κ1) is 16.5. The smallest absolute Gasteiger partial charge is 0.255 e. The molecule has 0 bridgehead atoms. The van der Waals surface area contributed by atoms with Crippen LogP contribution in [0.1, 0.15) is 26.3 Å². The standard InChI is InChI=1S/C21H18N2O2/c1-15-6-5-9-19(14-15)23-21(25)17-12-10-16(11-13-17)20(24)22-18-7-3-2-4-8-18/h2-14H,1H3,(H,22,24)(H,23,25). The quantitative estimate of drug-likeness (QED) is 0.740. The first-order valence-electron chi connectivity index (χ1n) is 7.96. The molecule has 0 saturated heterocycles. The molecule has 0 unspecified atom stereocenters. The van der Waals surface area contributed by atoms with Crippen molar-refractivity contribution in [2.45, 2.75) is 6.92 Å². The maximum atomic E-state index is 12.3. The van der Waals surface area contributed by atoms with E-state index < -0.39 is 0 Å². The SMILES string of the molecule is Cc1cccc(NC(=O)c2ccc(C(=O)Nc3ccccc3)cc2)c1.